The lowest BCUT2D eigenvalue weighted by molar-refractivity contribution is 0.285. The molecule has 0 unspecified atom stereocenters. The fourth-order valence-electron chi connectivity index (χ4n) is 4.03. The predicted octanol–water partition coefficient (Wildman–Crippen LogP) is 4.58. The van der Waals surface area contributed by atoms with Gasteiger partial charge in [-0.25, -0.2) is 4.31 Å². The molecule has 4 rings (SSSR count). The zero-order valence-electron chi connectivity index (χ0n) is 14.6. The monoisotopic (exact) mass is 358 g/mol. The Hall–Kier alpha value is -1.53. The van der Waals surface area contributed by atoms with E-state index < -0.39 is 10.8 Å². The van der Waals surface area contributed by atoms with Gasteiger partial charge in [0.1, 0.15) is 0 Å². The smallest absolute Gasteiger partial charge is 0.0756 e. The molecular weight excluding hydrogens is 332 g/mol. The molecule has 1 saturated heterocycles. The molecule has 0 amide bonds. The van der Waals surface area contributed by atoms with Crippen LogP contribution in [0.2, 0.25) is 0 Å². The van der Waals surface area contributed by atoms with E-state index in [1.807, 2.05) is 28.6 Å². The minimum atomic E-state index is -2.89. The lowest BCUT2D eigenvalue weighted by Crippen LogP contribution is -2.35. The van der Waals surface area contributed by atoms with E-state index in [1.54, 1.807) is 0 Å². The summed E-state index contributed by atoms with van der Waals surface area (Å²) < 4.78 is 23.7. The maximum Gasteiger partial charge on any atom is 0.0756 e. The van der Waals surface area contributed by atoms with E-state index in [1.165, 1.54) is 16.8 Å². The van der Waals surface area contributed by atoms with Crippen LogP contribution >= 0.6 is 10.8 Å². The van der Waals surface area contributed by atoms with Gasteiger partial charge in [-0.05, 0) is 54.5 Å². The highest BCUT2D eigenvalue weighted by atomic mass is 32.3. The van der Waals surface area contributed by atoms with Gasteiger partial charge in [-0.2, -0.15) is 0 Å². The van der Waals surface area contributed by atoms with Crippen molar-refractivity contribution in [2.24, 2.45) is 0 Å². The Morgan fingerprint density at radius 3 is 2.40 bits per heavy atom. The second-order valence-corrected chi connectivity index (χ2v) is 9.12. The molecule has 2 aromatic carbocycles. The molecule has 2 N–H and O–H groups in total. The average Bonchev–Trinajstić information content (AvgIpc) is 3.03. The molecule has 0 radical (unpaired) electrons. The first-order valence-electron chi connectivity index (χ1n) is 8.98. The van der Waals surface area contributed by atoms with E-state index in [4.69, 9.17) is 0 Å². The highest BCUT2D eigenvalue weighted by molar-refractivity contribution is 8.22. The highest BCUT2D eigenvalue weighted by Gasteiger charge is 2.31. The van der Waals surface area contributed by atoms with Crippen LogP contribution in [0.25, 0.3) is 0 Å². The summed E-state index contributed by atoms with van der Waals surface area (Å²) in [5.74, 6) is 0.515. The number of anilines is 1. The molecule has 1 fully saturated rings. The van der Waals surface area contributed by atoms with Gasteiger partial charge in [-0.15, -0.1) is 10.8 Å². The van der Waals surface area contributed by atoms with Crippen LogP contribution in [0.5, 0.6) is 0 Å². The van der Waals surface area contributed by atoms with E-state index in [0.717, 1.165) is 38.9 Å². The minimum absolute atomic E-state index is 0.515. The number of fused-ring (bicyclic) bond motifs is 1. The number of nitrogens with zero attached hydrogens (tertiary/aromatic N) is 2. The Balaban J connectivity index is 1.48. The lowest BCUT2D eigenvalue weighted by Gasteiger charge is -2.46. The molecule has 0 aliphatic carbocycles. The topological polar surface area (TPSA) is 46.9 Å². The lowest BCUT2D eigenvalue weighted by atomic mass is 9.90. The highest BCUT2D eigenvalue weighted by Crippen LogP contribution is 2.54. The Labute approximate surface area is 151 Å². The quantitative estimate of drug-likeness (QED) is 0.843. The van der Waals surface area contributed by atoms with Crippen LogP contribution < -0.4 is 4.90 Å². The van der Waals surface area contributed by atoms with Gasteiger partial charge in [-0.1, -0.05) is 30.3 Å². The zero-order valence-corrected chi connectivity index (χ0v) is 15.5. The Bertz CT molecular complexity index is 743. The van der Waals surface area contributed by atoms with E-state index in [9.17, 15) is 9.11 Å². The predicted molar refractivity (Wildman–Crippen MR) is 105 cm³/mol. The molecule has 2 heterocycles. The van der Waals surface area contributed by atoms with Crippen molar-refractivity contribution in [2.45, 2.75) is 30.1 Å². The largest absolute Gasteiger partial charge is 0.374 e. The molecule has 0 spiro atoms. The van der Waals surface area contributed by atoms with Gasteiger partial charge in [0, 0.05) is 32.4 Å². The second kappa shape index (κ2) is 6.65. The summed E-state index contributed by atoms with van der Waals surface area (Å²) in [7, 11) is -0.811. The Kier molecular flexibility index (Phi) is 4.50. The van der Waals surface area contributed by atoms with Gasteiger partial charge in [0.2, 0.25) is 0 Å². The third kappa shape index (κ3) is 3.17. The summed E-state index contributed by atoms with van der Waals surface area (Å²) in [6.07, 6.45) is 2.91. The second-order valence-electron chi connectivity index (χ2n) is 7.09. The van der Waals surface area contributed by atoms with Gasteiger partial charge in [-0.3, -0.25) is 9.11 Å². The van der Waals surface area contributed by atoms with Crippen molar-refractivity contribution in [1.29, 1.82) is 0 Å². The molecule has 2 aromatic rings. The molecular formula is C20H26N2O2S. The van der Waals surface area contributed by atoms with Gasteiger partial charge in [0.15, 0.2) is 0 Å². The Morgan fingerprint density at radius 1 is 0.960 bits per heavy atom. The standard InChI is InChI=1S/C20H26N2O2S/c1-21-12-9-18-15-19(7-8-20(18)21)25(23,24)22-13-10-17(11-14-22)16-5-3-2-4-6-16/h2-8,15,17,23-24H,9-14H2,1H3. The number of piperidine rings is 1. The van der Waals surface area contributed by atoms with Crippen LogP contribution in [0.4, 0.5) is 5.69 Å². The molecule has 4 nitrogen and oxygen atoms in total. The minimum Gasteiger partial charge on any atom is -0.374 e. The van der Waals surface area contributed by atoms with Crippen molar-refractivity contribution in [3.63, 3.8) is 0 Å². The normalized spacial score (nSPS) is 19.9. The van der Waals surface area contributed by atoms with Crippen molar-refractivity contribution in [3.05, 3.63) is 59.7 Å². The maximum atomic E-state index is 10.9. The fraction of sp³-hybridized carbons (Fsp3) is 0.400. The summed E-state index contributed by atoms with van der Waals surface area (Å²) in [6, 6.07) is 16.5. The van der Waals surface area contributed by atoms with Gasteiger partial charge >= 0.3 is 0 Å². The van der Waals surface area contributed by atoms with Crippen LogP contribution in [-0.2, 0) is 6.42 Å². The van der Waals surface area contributed by atoms with Crippen LogP contribution in [0.15, 0.2) is 53.4 Å². The van der Waals surface area contributed by atoms with E-state index >= 15 is 0 Å². The van der Waals surface area contributed by atoms with Crippen molar-refractivity contribution in [1.82, 2.24) is 4.31 Å². The molecule has 134 valence electrons. The number of likely N-dealkylation sites (N-methyl/N-ethyl adjacent to an activating group) is 1. The first kappa shape index (κ1) is 16.9. The number of hydrogen-bond donors (Lipinski definition) is 2. The molecule has 2 aliphatic rings. The molecule has 25 heavy (non-hydrogen) atoms. The summed E-state index contributed by atoms with van der Waals surface area (Å²) >= 11 is 0. The number of hydrogen-bond acceptors (Lipinski definition) is 4. The molecule has 0 atom stereocenters. The van der Waals surface area contributed by atoms with Crippen LogP contribution in [0.1, 0.15) is 29.9 Å². The summed E-state index contributed by atoms with van der Waals surface area (Å²) in [4.78, 5) is 2.88. The summed E-state index contributed by atoms with van der Waals surface area (Å²) in [6.45, 7) is 2.44. The van der Waals surface area contributed by atoms with E-state index in [-0.39, 0.29) is 0 Å². The van der Waals surface area contributed by atoms with Crippen molar-refractivity contribution < 1.29 is 9.11 Å². The van der Waals surface area contributed by atoms with Crippen molar-refractivity contribution in [2.75, 3.05) is 31.6 Å². The SMILES string of the molecule is CN1CCc2cc(S(O)(O)N3CCC(c4ccccc4)CC3)ccc21. The number of benzene rings is 2. The molecule has 2 aliphatic heterocycles. The van der Waals surface area contributed by atoms with E-state index in [2.05, 4.69) is 36.2 Å². The average molecular weight is 359 g/mol. The first-order chi connectivity index (χ1) is 12.1. The zero-order chi connectivity index (χ0) is 17.4. The van der Waals surface area contributed by atoms with Gasteiger partial charge in [0.25, 0.3) is 0 Å². The first-order valence-corrected chi connectivity index (χ1v) is 10.5. The number of rotatable bonds is 3. The van der Waals surface area contributed by atoms with E-state index in [0.29, 0.717) is 10.8 Å². The third-order valence-corrected chi connectivity index (χ3v) is 7.55. The Morgan fingerprint density at radius 2 is 1.68 bits per heavy atom. The maximum absolute atomic E-state index is 10.9. The fourth-order valence-corrected chi connectivity index (χ4v) is 5.60. The third-order valence-electron chi connectivity index (χ3n) is 5.58. The van der Waals surface area contributed by atoms with Gasteiger partial charge in [0.05, 0.1) is 4.90 Å². The molecule has 0 saturated carbocycles. The van der Waals surface area contributed by atoms with Crippen molar-refractivity contribution in [3.8, 4) is 0 Å². The van der Waals surface area contributed by atoms with Crippen LogP contribution in [-0.4, -0.2) is 40.1 Å². The molecule has 5 heteroatoms. The molecule has 0 aromatic heterocycles. The summed E-state index contributed by atoms with van der Waals surface area (Å²) in [5.41, 5.74) is 3.79. The summed E-state index contributed by atoms with van der Waals surface area (Å²) in [5, 5.41) is 0. The van der Waals surface area contributed by atoms with Crippen LogP contribution in [0.3, 0.4) is 0 Å². The van der Waals surface area contributed by atoms with Gasteiger partial charge < -0.3 is 4.90 Å². The van der Waals surface area contributed by atoms with Crippen LogP contribution in [0, 0.1) is 0 Å². The van der Waals surface area contributed by atoms with Crippen molar-refractivity contribution >= 4 is 16.5 Å². The molecule has 0 bridgehead atoms.